The summed E-state index contributed by atoms with van der Waals surface area (Å²) in [5.74, 6) is 0.537. The predicted octanol–water partition coefficient (Wildman–Crippen LogP) is 5.04. The highest BCUT2D eigenvalue weighted by atomic mass is 35.5. The van der Waals surface area contributed by atoms with Gasteiger partial charge in [0.1, 0.15) is 5.75 Å². The van der Waals surface area contributed by atoms with Crippen LogP contribution >= 0.6 is 23.2 Å². The first-order chi connectivity index (χ1) is 10.6. The van der Waals surface area contributed by atoms with Crippen molar-refractivity contribution in [2.24, 2.45) is 0 Å². The highest BCUT2D eigenvalue weighted by Crippen LogP contribution is 2.25. The van der Waals surface area contributed by atoms with E-state index in [1.165, 1.54) is 6.08 Å². The van der Waals surface area contributed by atoms with Crippen molar-refractivity contribution in [3.8, 4) is 5.75 Å². The molecule has 0 bridgehead atoms. The van der Waals surface area contributed by atoms with Gasteiger partial charge < -0.3 is 10.1 Å². The van der Waals surface area contributed by atoms with Crippen LogP contribution in [0.15, 0.2) is 48.5 Å². The molecule has 0 spiro atoms. The first-order valence-corrected chi connectivity index (χ1v) is 7.51. The van der Waals surface area contributed by atoms with Crippen molar-refractivity contribution in [1.82, 2.24) is 0 Å². The van der Waals surface area contributed by atoms with Crippen LogP contribution in [0.25, 0.3) is 6.08 Å². The van der Waals surface area contributed by atoms with Gasteiger partial charge in [-0.2, -0.15) is 0 Å². The first-order valence-electron chi connectivity index (χ1n) is 6.75. The Morgan fingerprint density at radius 1 is 1.18 bits per heavy atom. The third-order valence-electron chi connectivity index (χ3n) is 2.81. The third kappa shape index (κ3) is 4.79. The lowest BCUT2D eigenvalue weighted by molar-refractivity contribution is -0.111. The van der Waals surface area contributed by atoms with E-state index in [4.69, 9.17) is 27.9 Å². The maximum atomic E-state index is 11.9. The van der Waals surface area contributed by atoms with E-state index in [1.54, 1.807) is 24.3 Å². The van der Waals surface area contributed by atoms with Crippen LogP contribution in [0.5, 0.6) is 5.75 Å². The van der Waals surface area contributed by atoms with Crippen LogP contribution in [-0.4, -0.2) is 12.5 Å². The molecule has 0 unspecified atom stereocenters. The molecule has 0 radical (unpaired) electrons. The number of nitrogens with one attached hydrogen (secondary N) is 1. The summed E-state index contributed by atoms with van der Waals surface area (Å²) >= 11 is 11.8. The molecule has 1 N–H and O–H groups in total. The Balaban J connectivity index is 1.98. The molecule has 1 amide bonds. The van der Waals surface area contributed by atoms with Crippen LogP contribution < -0.4 is 10.1 Å². The average Bonchev–Trinajstić information content (AvgIpc) is 2.50. The molecule has 2 aromatic carbocycles. The number of ether oxygens (including phenoxy) is 1. The molecule has 2 aromatic rings. The van der Waals surface area contributed by atoms with Crippen LogP contribution in [0.4, 0.5) is 5.69 Å². The lowest BCUT2D eigenvalue weighted by Gasteiger charge is -2.05. The highest BCUT2D eigenvalue weighted by Gasteiger charge is 2.03. The number of anilines is 1. The van der Waals surface area contributed by atoms with Gasteiger partial charge in [0.15, 0.2) is 0 Å². The number of hydrogen-bond donors (Lipinski definition) is 1. The van der Waals surface area contributed by atoms with Gasteiger partial charge in [0.05, 0.1) is 17.3 Å². The van der Waals surface area contributed by atoms with Crippen molar-refractivity contribution >= 4 is 40.9 Å². The van der Waals surface area contributed by atoms with Gasteiger partial charge >= 0.3 is 0 Å². The van der Waals surface area contributed by atoms with Crippen LogP contribution in [-0.2, 0) is 4.79 Å². The Bertz CT molecular complexity index is 682. The van der Waals surface area contributed by atoms with Gasteiger partial charge in [0.25, 0.3) is 0 Å². The monoisotopic (exact) mass is 335 g/mol. The summed E-state index contributed by atoms with van der Waals surface area (Å²) in [5.41, 5.74) is 1.42. The smallest absolute Gasteiger partial charge is 0.248 e. The summed E-state index contributed by atoms with van der Waals surface area (Å²) in [4.78, 5) is 11.9. The van der Waals surface area contributed by atoms with Crippen LogP contribution in [0, 0.1) is 0 Å². The van der Waals surface area contributed by atoms with E-state index in [-0.39, 0.29) is 5.91 Å². The molecule has 0 aliphatic rings. The molecule has 0 fully saturated rings. The second kappa shape index (κ2) is 7.87. The molecule has 0 saturated heterocycles. The van der Waals surface area contributed by atoms with Gasteiger partial charge in [-0.1, -0.05) is 35.3 Å². The predicted molar refractivity (Wildman–Crippen MR) is 91.7 cm³/mol. The number of halogens is 2. The van der Waals surface area contributed by atoms with E-state index < -0.39 is 0 Å². The van der Waals surface area contributed by atoms with Crippen molar-refractivity contribution in [3.05, 3.63) is 64.1 Å². The van der Waals surface area contributed by atoms with Crippen LogP contribution in [0.2, 0.25) is 10.0 Å². The van der Waals surface area contributed by atoms with Gasteiger partial charge in [0, 0.05) is 11.1 Å². The lowest BCUT2D eigenvalue weighted by atomic mass is 10.2. The summed E-state index contributed by atoms with van der Waals surface area (Å²) in [7, 11) is 0. The molecular weight excluding hydrogens is 321 g/mol. The minimum atomic E-state index is -0.266. The maximum absolute atomic E-state index is 11.9. The Labute approximate surface area is 139 Å². The fourth-order valence-electron chi connectivity index (χ4n) is 1.78. The topological polar surface area (TPSA) is 38.3 Å². The summed E-state index contributed by atoms with van der Waals surface area (Å²) in [6.45, 7) is 2.56. The third-order valence-corrected chi connectivity index (χ3v) is 3.36. The SMILES string of the molecule is CCOc1ccc(/C=C/C(=O)Nc2ccc(Cl)cc2Cl)cc1. The Hall–Kier alpha value is -1.97. The van der Waals surface area contributed by atoms with Gasteiger partial charge in [-0.25, -0.2) is 0 Å². The molecule has 0 aliphatic heterocycles. The van der Waals surface area contributed by atoms with Crippen LogP contribution in [0.3, 0.4) is 0 Å². The number of amides is 1. The number of rotatable bonds is 5. The van der Waals surface area contributed by atoms with Gasteiger partial charge in [-0.05, 0) is 48.9 Å². The van der Waals surface area contributed by atoms with Crippen molar-refractivity contribution in [3.63, 3.8) is 0 Å². The summed E-state index contributed by atoms with van der Waals surface area (Å²) in [6, 6.07) is 12.4. The summed E-state index contributed by atoms with van der Waals surface area (Å²) in [6.07, 6.45) is 3.16. The zero-order valence-corrected chi connectivity index (χ0v) is 13.5. The van der Waals surface area contributed by atoms with Gasteiger partial charge in [0.2, 0.25) is 5.91 Å². The van der Waals surface area contributed by atoms with Gasteiger partial charge in [-0.3, -0.25) is 4.79 Å². The lowest BCUT2D eigenvalue weighted by Crippen LogP contribution is -2.08. The molecule has 3 nitrogen and oxygen atoms in total. The molecule has 0 aromatic heterocycles. The molecule has 0 heterocycles. The molecule has 22 heavy (non-hydrogen) atoms. The van der Waals surface area contributed by atoms with Gasteiger partial charge in [-0.15, -0.1) is 0 Å². The fourth-order valence-corrected chi connectivity index (χ4v) is 2.23. The molecule has 5 heteroatoms. The van der Waals surface area contributed by atoms with Crippen molar-refractivity contribution in [1.29, 1.82) is 0 Å². The Morgan fingerprint density at radius 2 is 1.91 bits per heavy atom. The largest absolute Gasteiger partial charge is 0.494 e. The summed E-state index contributed by atoms with van der Waals surface area (Å²) < 4.78 is 5.36. The molecule has 0 atom stereocenters. The first kappa shape index (κ1) is 16.4. The summed E-state index contributed by atoms with van der Waals surface area (Å²) in [5, 5.41) is 3.62. The maximum Gasteiger partial charge on any atom is 0.248 e. The molecule has 2 rings (SSSR count). The van der Waals surface area contributed by atoms with E-state index in [9.17, 15) is 4.79 Å². The number of carbonyl (C=O) groups is 1. The molecular formula is C17H15Cl2NO2. The van der Waals surface area contributed by atoms with Crippen molar-refractivity contribution in [2.75, 3.05) is 11.9 Å². The minimum Gasteiger partial charge on any atom is -0.494 e. The van der Waals surface area contributed by atoms with Crippen molar-refractivity contribution < 1.29 is 9.53 Å². The second-order valence-electron chi connectivity index (χ2n) is 4.45. The van der Waals surface area contributed by atoms with E-state index in [0.717, 1.165) is 11.3 Å². The zero-order chi connectivity index (χ0) is 15.9. The molecule has 0 aliphatic carbocycles. The number of hydrogen-bond acceptors (Lipinski definition) is 2. The average molecular weight is 336 g/mol. The van der Waals surface area contributed by atoms with Crippen LogP contribution in [0.1, 0.15) is 12.5 Å². The fraction of sp³-hybridized carbons (Fsp3) is 0.118. The number of carbonyl (C=O) groups excluding carboxylic acids is 1. The molecule has 0 saturated carbocycles. The zero-order valence-electron chi connectivity index (χ0n) is 12.0. The van der Waals surface area contributed by atoms with Crippen molar-refractivity contribution in [2.45, 2.75) is 6.92 Å². The van der Waals surface area contributed by atoms with E-state index in [0.29, 0.717) is 22.3 Å². The Morgan fingerprint density at radius 3 is 2.55 bits per heavy atom. The molecule has 114 valence electrons. The normalized spacial score (nSPS) is 10.7. The number of benzene rings is 2. The standard InChI is InChI=1S/C17H15Cl2NO2/c1-2-22-14-7-3-12(4-8-14)5-10-17(21)20-16-9-6-13(18)11-15(16)19/h3-11H,2H2,1H3,(H,20,21)/b10-5+. The van der Waals surface area contributed by atoms with E-state index >= 15 is 0 Å². The minimum absolute atomic E-state index is 0.266. The van der Waals surface area contributed by atoms with E-state index in [2.05, 4.69) is 5.32 Å². The quantitative estimate of drug-likeness (QED) is 0.777. The second-order valence-corrected chi connectivity index (χ2v) is 5.29. The highest BCUT2D eigenvalue weighted by molar-refractivity contribution is 6.36. The Kier molecular flexibility index (Phi) is 5.87. The van der Waals surface area contributed by atoms with E-state index in [1.807, 2.05) is 31.2 Å².